The molecule has 3 heterocycles. The Morgan fingerprint density at radius 1 is 1.56 bits per heavy atom. The van der Waals surface area contributed by atoms with Crippen LogP contribution in [0.2, 0.25) is 0 Å². The summed E-state index contributed by atoms with van der Waals surface area (Å²) in [6, 6.07) is 3.83. The average molecular weight is 220 g/mol. The summed E-state index contributed by atoms with van der Waals surface area (Å²) < 4.78 is 11.6. The van der Waals surface area contributed by atoms with Gasteiger partial charge in [0, 0.05) is 31.8 Å². The zero-order valence-corrected chi connectivity index (χ0v) is 9.19. The number of ether oxygens (including phenoxy) is 2. The molecule has 16 heavy (non-hydrogen) atoms. The van der Waals surface area contributed by atoms with Crippen molar-refractivity contribution in [3.05, 3.63) is 24.5 Å². The maximum atomic E-state index is 5.82. The molecular weight excluding hydrogens is 204 g/mol. The van der Waals surface area contributed by atoms with Gasteiger partial charge in [0.1, 0.15) is 5.75 Å². The van der Waals surface area contributed by atoms with Crippen LogP contribution in [0.25, 0.3) is 0 Å². The molecule has 0 aromatic carbocycles. The average Bonchev–Trinajstić information content (AvgIpc) is 2.71. The van der Waals surface area contributed by atoms with Crippen LogP contribution in [0.15, 0.2) is 24.5 Å². The molecule has 0 saturated carbocycles. The standard InChI is InChI=1S/C12H16N2O2/c1-2-11(6-13-4-1)15-7-10-3-5-16-12(10)8-14-9-12/h1-2,4,6,10,14H,3,5,7-9H2. The maximum Gasteiger partial charge on any atom is 0.137 e. The minimum Gasteiger partial charge on any atom is -0.492 e. The van der Waals surface area contributed by atoms with Gasteiger partial charge in [-0.2, -0.15) is 0 Å². The van der Waals surface area contributed by atoms with E-state index in [1.54, 1.807) is 12.4 Å². The van der Waals surface area contributed by atoms with Gasteiger partial charge in [0.05, 0.1) is 18.4 Å². The fourth-order valence-electron chi connectivity index (χ4n) is 2.41. The van der Waals surface area contributed by atoms with Crippen LogP contribution in [-0.2, 0) is 4.74 Å². The minimum atomic E-state index is 0.0577. The van der Waals surface area contributed by atoms with Gasteiger partial charge in [-0.25, -0.2) is 0 Å². The molecule has 0 amide bonds. The molecule has 1 aromatic heterocycles. The Morgan fingerprint density at radius 3 is 3.19 bits per heavy atom. The van der Waals surface area contributed by atoms with Gasteiger partial charge in [-0.05, 0) is 18.6 Å². The quantitative estimate of drug-likeness (QED) is 0.819. The Kier molecular flexibility index (Phi) is 2.53. The topological polar surface area (TPSA) is 43.4 Å². The predicted octanol–water partition coefficient (Wildman–Crippen LogP) is 0.839. The summed E-state index contributed by atoms with van der Waals surface area (Å²) in [5, 5.41) is 3.28. The van der Waals surface area contributed by atoms with Crippen LogP contribution < -0.4 is 10.1 Å². The summed E-state index contributed by atoms with van der Waals surface area (Å²) in [5.41, 5.74) is 0.0577. The molecular formula is C12H16N2O2. The van der Waals surface area contributed by atoms with E-state index in [0.29, 0.717) is 5.92 Å². The van der Waals surface area contributed by atoms with Crippen molar-refractivity contribution in [2.75, 3.05) is 26.3 Å². The van der Waals surface area contributed by atoms with Crippen molar-refractivity contribution in [3.63, 3.8) is 0 Å². The number of aromatic nitrogens is 1. The van der Waals surface area contributed by atoms with E-state index in [1.807, 2.05) is 12.1 Å². The van der Waals surface area contributed by atoms with E-state index in [9.17, 15) is 0 Å². The molecule has 86 valence electrons. The molecule has 2 aliphatic heterocycles. The molecule has 4 heteroatoms. The predicted molar refractivity (Wildman–Crippen MR) is 59.4 cm³/mol. The Hall–Kier alpha value is -1.13. The van der Waals surface area contributed by atoms with Crippen molar-refractivity contribution in [2.45, 2.75) is 12.0 Å². The lowest BCUT2D eigenvalue weighted by molar-refractivity contribution is -0.0690. The molecule has 2 aliphatic rings. The number of nitrogens with zero attached hydrogens (tertiary/aromatic N) is 1. The second-order valence-electron chi connectivity index (χ2n) is 4.50. The highest BCUT2D eigenvalue weighted by molar-refractivity contribution is 5.15. The first-order chi connectivity index (χ1) is 7.89. The van der Waals surface area contributed by atoms with E-state index in [1.165, 1.54) is 0 Å². The first kappa shape index (κ1) is 10.1. The van der Waals surface area contributed by atoms with Gasteiger partial charge >= 0.3 is 0 Å². The van der Waals surface area contributed by atoms with Gasteiger partial charge in [-0.1, -0.05) is 0 Å². The van der Waals surface area contributed by atoms with Gasteiger partial charge < -0.3 is 14.8 Å². The van der Waals surface area contributed by atoms with Gasteiger partial charge in [0.25, 0.3) is 0 Å². The van der Waals surface area contributed by atoms with E-state index < -0.39 is 0 Å². The van der Waals surface area contributed by atoms with Gasteiger partial charge in [-0.15, -0.1) is 0 Å². The third kappa shape index (κ3) is 1.68. The molecule has 1 unspecified atom stereocenters. The van der Waals surface area contributed by atoms with Gasteiger partial charge in [0.2, 0.25) is 0 Å². The SMILES string of the molecule is c1cncc(OCC2CCOC23CNC3)c1. The van der Waals surface area contributed by atoms with Crippen molar-refractivity contribution in [3.8, 4) is 5.75 Å². The van der Waals surface area contributed by atoms with Gasteiger partial charge in [0.15, 0.2) is 0 Å². The van der Waals surface area contributed by atoms with Gasteiger partial charge in [-0.3, -0.25) is 4.98 Å². The summed E-state index contributed by atoms with van der Waals surface area (Å²) in [4.78, 5) is 4.03. The van der Waals surface area contributed by atoms with Crippen LogP contribution in [0.5, 0.6) is 5.75 Å². The van der Waals surface area contributed by atoms with Crippen molar-refractivity contribution in [1.82, 2.24) is 10.3 Å². The highest BCUT2D eigenvalue weighted by atomic mass is 16.5. The summed E-state index contributed by atoms with van der Waals surface area (Å²) in [5.74, 6) is 1.35. The Bertz CT molecular complexity index is 351. The Balaban J connectivity index is 1.59. The second kappa shape index (κ2) is 4.03. The molecule has 1 aromatic rings. The third-order valence-electron chi connectivity index (χ3n) is 3.53. The van der Waals surface area contributed by atoms with Crippen LogP contribution >= 0.6 is 0 Å². The fraction of sp³-hybridized carbons (Fsp3) is 0.583. The third-order valence-corrected chi connectivity index (χ3v) is 3.53. The highest BCUT2D eigenvalue weighted by Gasteiger charge is 2.49. The largest absolute Gasteiger partial charge is 0.492 e. The molecule has 0 radical (unpaired) electrons. The number of nitrogens with one attached hydrogen (secondary N) is 1. The van der Waals surface area contributed by atoms with Crippen LogP contribution in [0.4, 0.5) is 0 Å². The molecule has 3 rings (SSSR count). The first-order valence-electron chi connectivity index (χ1n) is 5.77. The highest BCUT2D eigenvalue weighted by Crippen LogP contribution is 2.35. The first-order valence-corrected chi connectivity index (χ1v) is 5.77. The van der Waals surface area contributed by atoms with E-state index in [0.717, 1.165) is 38.5 Å². The molecule has 2 fully saturated rings. The van der Waals surface area contributed by atoms with Crippen LogP contribution in [0, 0.1) is 5.92 Å². The Labute approximate surface area is 95.0 Å². The Morgan fingerprint density at radius 2 is 2.50 bits per heavy atom. The number of hydrogen-bond donors (Lipinski definition) is 1. The lowest BCUT2D eigenvalue weighted by atomic mass is 9.83. The fourth-order valence-corrected chi connectivity index (χ4v) is 2.41. The van der Waals surface area contributed by atoms with E-state index in [2.05, 4.69) is 10.3 Å². The summed E-state index contributed by atoms with van der Waals surface area (Å²) in [6.07, 6.45) is 4.60. The normalized spacial score (nSPS) is 26.6. The van der Waals surface area contributed by atoms with Crippen molar-refractivity contribution >= 4 is 0 Å². The monoisotopic (exact) mass is 220 g/mol. The molecule has 1 N–H and O–H groups in total. The zero-order chi connectivity index (χ0) is 10.8. The molecule has 1 atom stereocenters. The minimum absolute atomic E-state index is 0.0577. The molecule has 4 nitrogen and oxygen atoms in total. The van der Waals surface area contributed by atoms with Crippen LogP contribution in [-0.4, -0.2) is 36.9 Å². The number of hydrogen-bond acceptors (Lipinski definition) is 4. The lowest BCUT2D eigenvalue weighted by Crippen LogP contribution is -2.63. The molecule has 1 spiro atoms. The van der Waals surface area contributed by atoms with Crippen molar-refractivity contribution in [2.24, 2.45) is 5.92 Å². The van der Waals surface area contributed by atoms with Crippen LogP contribution in [0.3, 0.4) is 0 Å². The van der Waals surface area contributed by atoms with E-state index in [4.69, 9.17) is 9.47 Å². The van der Waals surface area contributed by atoms with Crippen molar-refractivity contribution < 1.29 is 9.47 Å². The summed E-state index contributed by atoms with van der Waals surface area (Å²) in [6.45, 7) is 3.53. The summed E-state index contributed by atoms with van der Waals surface area (Å²) in [7, 11) is 0. The van der Waals surface area contributed by atoms with E-state index >= 15 is 0 Å². The number of pyridine rings is 1. The lowest BCUT2D eigenvalue weighted by Gasteiger charge is -2.42. The second-order valence-corrected chi connectivity index (χ2v) is 4.50. The molecule has 0 aliphatic carbocycles. The van der Waals surface area contributed by atoms with Crippen molar-refractivity contribution in [1.29, 1.82) is 0 Å². The summed E-state index contributed by atoms with van der Waals surface area (Å²) >= 11 is 0. The molecule has 0 bridgehead atoms. The smallest absolute Gasteiger partial charge is 0.137 e. The molecule has 2 saturated heterocycles. The van der Waals surface area contributed by atoms with Crippen LogP contribution in [0.1, 0.15) is 6.42 Å². The number of rotatable bonds is 3. The van der Waals surface area contributed by atoms with E-state index in [-0.39, 0.29) is 5.60 Å². The zero-order valence-electron chi connectivity index (χ0n) is 9.19. The maximum absolute atomic E-state index is 5.82.